The number of amides is 1. The maximum atomic E-state index is 12.2. The minimum absolute atomic E-state index is 0.0426. The third-order valence-electron chi connectivity index (χ3n) is 5.26. The normalized spacial score (nSPS) is 17.0. The van der Waals surface area contributed by atoms with Gasteiger partial charge in [0, 0.05) is 32.1 Å². The van der Waals surface area contributed by atoms with Crippen LogP contribution < -0.4 is 19.1 Å². The summed E-state index contributed by atoms with van der Waals surface area (Å²) in [5.74, 6) is 1.09. The fourth-order valence-corrected chi connectivity index (χ4v) is 4.67. The third-order valence-corrected chi connectivity index (χ3v) is 6.45. The van der Waals surface area contributed by atoms with Gasteiger partial charge in [-0.05, 0) is 44.5 Å². The number of sulfonamides is 1. The van der Waals surface area contributed by atoms with Crippen LogP contribution in [0.25, 0.3) is 0 Å². The molecule has 2 aliphatic heterocycles. The second-order valence-electron chi connectivity index (χ2n) is 7.58. The Balaban J connectivity index is 1.44. The monoisotopic (exact) mass is 425 g/mol. The molecule has 3 rings (SSSR count). The van der Waals surface area contributed by atoms with Crippen molar-refractivity contribution in [3.8, 4) is 11.5 Å². The molecule has 0 radical (unpaired) electrons. The van der Waals surface area contributed by atoms with Crippen LogP contribution in [-0.4, -0.2) is 65.0 Å². The van der Waals surface area contributed by atoms with E-state index in [-0.39, 0.29) is 25.7 Å². The standard InChI is InChI=1S/C20H31N3O5S/c1-29(25,26)23(17-8-9-18-19(15-17)28-16-27-18)13-6-7-20(24)21-10-14-22-11-4-2-3-5-12-22/h8-9,15H,2-7,10-14,16H2,1H3,(H,21,24). The highest BCUT2D eigenvalue weighted by Crippen LogP contribution is 2.36. The number of ether oxygens (including phenoxy) is 2. The first-order chi connectivity index (χ1) is 13.9. The predicted molar refractivity (Wildman–Crippen MR) is 112 cm³/mol. The fraction of sp³-hybridized carbons (Fsp3) is 0.650. The second kappa shape index (κ2) is 10.2. The molecule has 0 atom stereocenters. The Kier molecular flexibility index (Phi) is 7.60. The maximum absolute atomic E-state index is 12.2. The molecular weight excluding hydrogens is 394 g/mol. The van der Waals surface area contributed by atoms with E-state index in [4.69, 9.17) is 9.47 Å². The van der Waals surface area contributed by atoms with Crippen LogP contribution in [0.5, 0.6) is 11.5 Å². The molecule has 29 heavy (non-hydrogen) atoms. The van der Waals surface area contributed by atoms with Crippen LogP contribution >= 0.6 is 0 Å². The van der Waals surface area contributed by atoms with E-state index in [2.05, 4.69) is 10.2 Å². The van der Waals surface area contributed by atoms with Gasteiger partial charge in [0.25, 0.3) is 0 Å². The van der Waals surface area contributed by atoms with Crippen molar-refractivity contribution in [1.82, 2.24) is 10.2 Å². The van der Waals surface area contributed by atoms with E-state index in [1.165, 1.54) is 36.2 Å². The SMILES string of the molecule is CS(=O)(=O)N(CCCC(=O)NCCN1CCCCCC1)c1ccc2c(c1)OCO2. The van der Waals surface area contributed by atoms with Crippen LogP contribution in [0.3, 0.4) is 0 Å². The van der Waals surface area contributed by atoms with Gasteiger partial charge in [-0.15, -0.1) is 0 Å². The molecule has 1 fully saturated rings. The zero-order valence-corrected chi connectivity index (χ0v) is 17.9. The van der Waals surface area contributed by atoms with Gasteiger partial charge in [-0.3, -0.25) is 9.10 Å². The average Bonchev–Trinajstić information content (AvgIpc) is 2.99. The van der Waals surface area contributed by atoms with Crippen molar-refractivity contribution in [1.29, 1.82) is 0 Å². The number of rotatable bonds is 9. The highest BCUT2D eigenvalue weighted by atomic mass is 32.2. The maximum Gasteiger partial charge on any atom is 0.232 e. The number of carbonyl (C=O) groups is 1. The van der Waals surface area contributed by atoms with Gasteiger partial charge in [-0.25, -0.2) is 8.42 Å². The van der Waals surface area contributed by atoms with Crippen molar-refractivity contribution in [2.24, 2.45) is 0 Å². The molecule has 0 spiro atoms. The number of fused-ring (bicyclic) bond motifs is 1. The topological polar surface area (TPSA) is 88.2 Å². The minimum atomic E-state index is -3.47. The quantitative estimate of drug-likeness (QED) is 0.651. The molecule has 1 amide bonds. The number of nitrogens with one attached hydrogen (secondary N) is 1. The molecule has 9 heteroatoms. The van der Waals surface area contributed by atoms with E-state index in [0.29, 0.717) is 30.2 Å². The van der Waals surface area contributed by atoms with Crippen LogP contribution in [0.1, 0.15) is 38.5 Å². The van der Waals surface area contributed by atoms with Gasteiger partial charge in [0.15, 0.2) is 11.5 Å². The van der Waals surface area contributed by atoms with Crippen molar-refractivity contribution in [2.45, 2.75) is 38.5 Å². The molecule has 1 aromatic rings. The highest BCUT2D eigenvalue weighted by molar-refractivity contribution is 7.92. The van der Waals surface area contributed by atoms with E-state index in [0.717, 1.165) is 19.6 Å². The van der Waals surface area contributed by atoms with E-state index < -0.39 is 10.0 Å². The molecule has 1 aromatic carbocycles. The van der Waals surface area contributed by atoms with E-state index >= 15 is 0 Å². The average molecular weight is 426 g/mol. The summed E-state index contributed by atoms with van der Waals surface area (Å²) in [7, 11) is -3.47. The number of carbonyl (C=O) groups excluding carboxylic acids is 1. The van der Waals surface area contributed by atoms with Crippen molar-refractivity contribution >= 4 is 21.6 Å². The fourth-order valence-electron chi connectivity index (χ4n) is 3.71. The summed E-state index contributed by atoms with van der Waals surface area (Å²) in [5.41, 5.74) is 0.512. The minimum Gasteiger partial charge on any atom is -0.454 e. The lowest BCUT2D eigenvalue weighted by atomic mass is 10.2. The van der Waals surface area contributed by atoms with Gasteiger partial charge < -0.3 is 19.7 Å². The molecular formula is C20H31N3O5S. The summed E-state index contributed by atoms with van der Waals surface area (Å²) in [6.07, 6.45) is 6.95. The number of nitrogens with zero attached hydrogens (tertiary/aromatic N) is 2. The number of benzene rings is 1. The third kappa shape index (κ3) is 6.50. The molecule has 2 heterocycles. The Hall–Kier alpha value is -2.00. The summed E-state index contributed by atoms with van der Waals surface area (Å²) in [5, 5.41) is 2.95. The van der Waals surface area contributed by atoms with Crippen molar-refractivity contribution < 1.29 is 22.7 Å². The lowest BCUT2D eigenvalue weighted by Crippen LogP contribution is -2.36. The summed E-state index contributed by atoms with van der Waals surface area (Å²) >= 11 is 0. The Morgan fingerprint density at radius 3 is 2.59 bits per heavy atom. The van der Waals surface area contributed by atoms with Crippen LogP contribution in [0, 0.1) is 0 Å². The van der Waals surface area contributed by atoms with E-state index in [1.54, 1.807) is 18.2 Å². The van der Waals surface area contributed by atoms with Crippen LogP contribution in [-0.2, 0) is 14.8 Å². The Morgan fingerprint density at radius 2 is 1.86 bits per heavy atom. The Morgan fingerprint density at radius 1 is 1.14 bits per heavy atom. The Labute approximate surface area is 173 Å². The molecule has 0 unspecified atom stereocenters. The van der Waals surface area contributed by atoms with Gasteiger partial charge in [0.05, 0.1) is 11.9 Å². The summed E-state index contributed by atoms with van der Waals surface area (Å²) < 4.78 is 36.4. The number of anilines is 1. The largest absolute Gasteiger partial charge is 0.454 e. The molecule has 2 aliphatic rings. The van der Waals surface area contributed by atoms with Gasteiger partial charge in [0.2, 0.25) is 22.7 Å². The van der Waals surface area contributed by atoms with Crippen LogP contribution in [0.2, 0.25) is 0 Å². The molecule has 8 nitrogen and oxygen atoms in total. The first kappa shape index (κ1) is 21.7. The molecule has 0 bridgehead atoms. The van der Waals surface area contributed by atoms with E-state index in [9.17, 15) is 13.2 Å². The smallest absolute Gasteiger partial charge is 0.232 e. The van der Waals surface area contributed by atoms with Crippen molar-refractivity contribution in [3.05, 3.63) is 18.2 Å². The van der Waals surface area contributed by atoms with Gasteiger partial charge in [-0.1, -0.05) is 12.8 Å². The predicted octanol–water partition coefficient (Wildman–Crippen LogP) is 1.95. The summed E-state index contributed by atoms with van der Waals surface area (Å²) in [4.78, 5) is 14.5. The van der Waals surface area contributed by atoms with Crippen molar-refractivity contribution in [3.63, 3.8) is 0 Å². The Bertz CT molecular complexity index is 791. The molecule has 0 aliphatic carbocycles. The molecule has 0 aromatic heterocycles. The van der Waals surface area contributed by atoms with Gasteiger partial charge in [0.1, 0.15) is 0 Å². The zero-order chi connectivity index (χ0) is 20.7. The zero-order valence-electron chi connectivity index (χ0n) is 17.1. The van der Waals surface area contributed by atoms with Crippen molar-refractivity contribution in [2.75, 3.05) is 50.1 Å². The van der Waals surface area contributed by atoms with Crippen LogP contribution in [0.15, 0.2) is 18.2 Å². The van der Waals surface area contributed by atoms with Gasteiger partial charge in [-0.2, -0.15) is 0 Å². The molecule has 162 valence electrons. The number of hydrogen-bond acceptors (Lipinski definition) is 6. The lowest BCUT2D eigenvalue weighted by molar-refractivity contribution is -0.121. The molecule has 1 saturated heterocycles. The number of hydrogen-bond donors (Lipinski definition) is 1. The first-order valence-electron chi connectivity index (χ1n) is 10.3. The molecule has 0 saturated carbocycles. The van der Waals surface area contributed by atoms with E-state index in [1.807, 2.05) is 0 Å². The summed E-state index contributed by atoms with van der Waals surface area (Å²) in [6, 6.07) is 5.05. The molecule has 1 N–H and O–H groups in total. The lowest BCUT2D eigenvalue weighted by Gasteiger charge is -2.22. The number of likely N-dealkylation sites (tertiary alicyclic amines) is 1. The van der Waals surface area contributed by atoms with Gasteiger partial charge >= 0.3 is 0 Å². The van der Waals surface area contributed by atoms with Crippen LogP contribution in [0.4, 0.5) is 5.69 Å². The first-order valence-corrected chi connectivity index (χ1v) is 12.1. The second-order valence-corrected chi connectivity index (χ2v) is 9.49. The summed E-state index contributed by atoms with van der Waals surface area (Å²) in [6.45, 7) is 4.09. The highest BCUT2D eigenvalue weighted by Gasteiger charge is 2.21.